The SMILES string of the molecule is CCCCCCCCCCCCC(CCC(=O)OC(COC(=O)CCCCCCCCCCC)COC(=O)CCCCCCCCCCC)OC(=O)OCCCN(C)CC. The highest BCUT2D eigenvalue weighted by Crippen LogP contribution is 2.18. The highest BCUT2D eigenvalue weighted by molar-refractivity contribution is 5.71. The van der Waals surface area contributed by atoms with Crippen LogP contribution in [0.4, 0.5) is 4.79 Å². The highest BCUT2D eigenvalue weighted by Gasteiger charge is 2.22. The number of unbranched alkanes of at least 4 members (excludes halogenated alkanes) is 25. The van der Waals surface area contributed by atoms with Gasteiger partial charge in [-0.2, -0.15) is 0 Å². The second kappa shape index (κ2) is 44.7. The first kappa shape index (κ1) is 57.6. The predicted molar refractivity (Wildman–Crippen MR) is 245 cm³/mol. The second-order valence-corrected chi connectivity index (χ2v) is 17.2. The Morgan fingerprint density at radius 3 is 1.22 bits per heavy atom. The molecule has 10 heteroatoms. The molecule has 0 amide bonds. The topological polar surface area (TPSA) is 118 Å². The van der Waals surface area contributed by atoms with Gasteiger partial charge in [-0.1, -0.05) is 188 Å². The van der Waals surface area contributed by atoms with Gasteiger partial charge in [0.2, 0.25) is 0 Å². The van der Waals surface area contributed by atoms with Gasteiger partial charge in [-0.25, -0.2) is 4.79 Å². The van der Waals surface area contributed by atoms with Crippen molar-refractivity contribution in [1.29, 1.82) is 0 Å². The van der Waals surface area contributed by atoms with Crippen molar-refractivity contribution in [1.82, 2.24) is 4.90 Å². The lowest BCUT2D eigenvalue weighted by atomic mass is 10.0. The lowest BCUT2D eigenvalue weighted by molar-refractivity contribution is -0.167. The van der Waals surface area contributed by atoms with E-state index in [1.165, 1.54) is 122 Å². The van der Waals surface area contributed by atoms with Crippen molar-refractivity contribution in [2.75, 3.05) is 40.0 Å². The number of hydrogen-bond acceptors (Lipinski definition) is 10. The molecule has 0 spiro atoms. The molecular weight excluding hydrogens is 759 g/mol. The summed E-state index contributed by atoms with van der Waals surface area (Å²) in [5.41, 5.74) is 0. The number of nitrogens with zero attached hydrogens (tertiary/aromatic N) is 1. The van der Waals surface area contributed by atoms with Gasteiger partial charge < -0.3 is 28.6 Å². The molecule has 0 aliphatic heterocycles. The molecule has 0 aliphatic carbocycles. The van der Waals surface area contributed by atoms with Gasteiger partial charge in [0.05, 0.1) is 6.61 Å². The third-order valence-corrected chi connectivity index (χ3v) is 11.4. The molecule has 0 aromatic rings. The van der Waals surface area contributed by atoms with Crippen LogP contribution in [-0.2, 0) is 38.1 Å². The van der Waals surface area contributed by atoms with Crippen LogP contribution in [0.1, 0.15) is 246 Å². The van der Waals surface area contributed by atoms with Crippen LogP contribution in [0, 0.1) is 0 Å². The third-order valence-electron chi connectivity index (χ3n) is 11.4. The Kier molecular flexibility index (Phi) is 42.9. The maximum atomic E-state index is 13.2. The molecular formula is C50H95NO9. The number of hydrogen-bond donors (Lipinski definition) is 0. The fourth-order valence-electron chi connectivity index (χ4n) is 7.26. The monoisotopic (exact) mass is 854 g/mol. The van der Waals surface area contributed by atoms with Crippen LogP contribution in [0.2, 0.25) is 0 Å². The molecule has 1 atom stereocenters. The van der Waals surface area contributed by atoms with E-state index in [4.69, 9.17) is 23.7 Å². The van der Waals surface area contributed by atoms with E-state index in [0.29, 0.717) is 25.7 Å². The Hall–Kier alpha value is -2.36. The first-order valence-electron chi connectivity index (χ1n) is 25.3. The summed E-state index contributed by atoms with van der Waals surface area (Å²) in [5, 5.41) is 0. The molecule has 0 aliphatic rings. The van der Waals surface area contributed by atoms with Gasteiger partial charge >= 0.3 is 24.1 Å². The van der Waals surface area contributed by atoms with Crippen LogP contribution in [0.25, 0.3) is 0 Å². The normalized spacial score (nSPS) is 11.8. The lowest BCUT2D eigenvalue weighted by Crippen LogP contribution is -2.31. The molecule has 0 rings (SSSR count). The zero-order chi connectivity index (χ0) is 44.2. The number of esters is 3. The van der Waals surface area contributed by atoms with Crippen molar-refractivity contribution in [3.63, 3.8) is 0 Å². The van der Waals surface area contributed by atoms with E-state index in [2.05, 4.69) is 32.6 Å². The summed E-state index contributed by atoms with van der Waals surface area (Å²) in [6, 6.07) is 0. The molecule has 0 radical (unpaired) electrons. The molecule has 0 N–H and O–H groups in total. The number of carbonyl (C=O) groups is 4. The van der Waals surface area contributed by atoms with E-state index in [9.17, 15) is 19.2 Å². The molecule has 0 heterocycles. The number of rotatable bonds is 45. The first-order chi connectivity index (χ1) is 29.2. The van der Waals surface area contributed by atoms with Gasteiger partial charge in [0.1, 0.15) is 19.3 Å². The minimum Gasteiger partial charge on any atom is -0.462 e. The van der Waals surface area contributed by atoms with Crippen molar-refractivity contribution in [2.45, 2.75) is 258 Å². The molecule has 0 aromatic carbocycles. The summed E-state index contributed by atoms with van der Waals surface area (Å²) >= 11 is 0. The van der Waals surface area contributed by atoms with Crippen molar-refractivity contribution >= 4 is 24.1 Å². The van der Waals surface area contributed by atoms with Crippen molar-refractivity contribution in [2.24, 2.45) is 0 Å². The number of carbonyl (C=O) groups excluding carboxylic acids is 4. The summed E-state index contributed by atoms with van der Waals surface area (Å²) in [6.45, 7) is 10.4. The first-order valence-corrected chi connectivity index (χ1v) is 25.3. The standard InChI is InChI=1S/C50H95NO9/c1-6-10-13-16-19-22-25-26-29-32-36-45(60-50(55)56-42-35-41-51(5)9-4)39-40-49(54)59-46(43-57-47(52)37-33-30-27-23-20-17-14-11-7-2)44-58-48(53)38-34-31-28-24-21-18-15-12-8-3/h45-46H,6-44H2,1-5H3. The summed E-state index contributed by atoms with van der Waals surface area (Å²) in [6.07, 6.45) is 32.9. The molecule has 0 saturated carbocycles. The molecule has 0 aromatic heterocycles. The molecule has 60 heavy (non-hydrogen) atoms. The average molecular weight is 854 g/mol. The van der Waals surface area contributed by atoms with Crippen LogP contribution in [-0.4, -0.2) is 81.1 Å². The minimum atomic E-state index is -0.913. The van der Waals surface area contributed by atoms with Crippen LogP contribution in [0.15, 0.2) is 0 Å². The fraction of sp³-hybridized carbons (Fsp3) is 0.920. The fourth-order valence-corrected chi connectivity index (χ4v) is 7.26. The van der Waals surface area contributed by atoms with Gasteiger partial charge in [0.15, 0.2) is 6.10 Å². The van der Waals surface area contributed by atoms with Crippen molar-refractivity contribution in [3.8, 4) is 0 Å². The number of ether oxygens (including phenoxy) is 5. The molecule has 1 unspecified atom stereocenters. The van der Waals surface area contributed by atoms with Crippen molar-refractivity contribution in [3.05, 3.63) is 0 Å². The van der Waals surface area contributed by atoms with Gasteiger partial charge in [-0.05, 0) is 52.1 Å². The van der Waals surface area contributed by atoms with E-state index in [-0.39, 0.29) is 44.6 Å². The average Bonchev–Trinajstić information content (AvgIpc) is 3.24. The summed E-state index contributed by atoms with van der Waals surface area (Å²) in [4.78, 5) is 53.3. The Bertz CT molecular complexity index is 955. The van der Waals surface area contributed by atoms with Gasteiger partial charge in [0.25, 0.3) is 0 Å². The van der Waals surface area contributed by atoms with Gasteiger partial charge in [-0.15, -0.1) is 0 Å². The van der Waals surface area contributed by atoms with E-state index in [0.717, 1.165) is 70.9 Å². The van der Waals surface area contributed by atoms with E-state index < -0.39 is 24.3 Å². The Balaban J connectivity index is 5.10. The maximum absolute atomic E-state index is 13.2. The van der Waals surface area contributed by atoms with Crippen LogP contribution in [0.3, 0.4) is 0 Å². The Morgan fingerprint density at radius 2 is 0.800 bits per heavy atom. The maximum Gasteiger partial charge on any atom is 0.508 e. The zero-order valence-electron chi connectivity index (χ0n) is 39.9. The Morgan fingerprint density at radius 1 is 0.400 bits per heavy atom. The van der Waals surface area contributed by atoms with Crippen LogP contribution < -0.4 is 0 Å². The molecule has 0 bridgehead atoms. The molecule has 354 valence electrons. The highest BCUT2D eigenvalue weighted by atomic mass is 16.7. The quantitative estimate of drug-likeness (QED) is 0.0333. The summed E-state index contributed by atoms with van der Waals surface area (Å²) in [5.74, 6) is -1.20. The predicted octanol–water partition coefficient (Wildman–Crippen LogP) is 13.8. The van der Waals surface area contributed by atoms with E-state index >= 15 is 0 Å². The molecule has 0 saturated heterocycles. The summed E-state index contributed by atoms with van der Waals surface area (Å²) in [7, 11) is 2.02. The van der Waals surface area contributed by atoms with Crippen molar-refractivity contribution < 1.29 is 42.9 Å². The van der Waals surface area contributed by atoms with Crippen LogP contribution >= 0.6 is 0 Å². The van der Waals surface area contributed by atoms with Crippen LogP contribution in [0.5, 0.6) is 0 Å². The van der Waals surface area contributed by atoms with Gasteiger partial charge in [0, 0.05) is 25.8 Å². The van der Waals surface area contributed by atoms with E-state index in [1.54, 1.807) is 0 Å². The third kappa shape index (κ3) is 41.0. The zero-order valence-corrected chi connectivity index (χ0v) is 39.9. The smallest absolute Gasteiger partial charge is 0.462 e. The largest absolute Gasteiger partial charge is 0.508 e. The minimum absolute atomic E-state index is 0.00623. The molecule has 0 fully saturated rings. The van der Waals surface area contributed by atoms with Gasteiger partial charge in [-0.3, -0.25) is 14.4 Å². The lowest BCUT2D eigenvalue weighted by Gasteiger charge is -2.20. The summed E-state index contributed by atoms with van der Waals surface area (Å²) < 4.78 is 27.9. The molecule has 10 nitrogen and oxygen atoms in total. The Labute approximate surface area is 369 Å². The van der Waals surface area contributed by atoms with E-state index in [1.807, 2.05) is 7.05 Å². The second-order valence-electron chi connectivity index (χ2n) is 17.2.